The number of halogens is 1. The molecule has 0 rings (SSSR count). The first-order chi connectivity index (χ1) is 5.13. The predicted octanol–water partition coefficient (Wildman–Crippen LogP) is 2.57. The molecule has 0 bridgehead atoms. The summed E-state index contributed by atoms with van der Waals surface area (Å²) in [4.78, 5) is 0. The van der Waals surface area contributed by atoms with Gasteiger partial charge in [-0.15, -0.1) is 0 Å². The van der Waals surface area contributed by atoms with E-state index >= 15 is 0 Å². The van der Waals surface area contributed by atoms with Crippen LogP contribution in [-0.4, -0.2) is 12.8 Å². The van der Waals surface area contributed by atoms with Crippen LogP contribution in [0.15, 0.2) is 0 Å². The van der Waals surface area contributed by atoms with Crippen LogP contribution in [0.25, 0.3) is 0 Å². The molecule has 0 radical (unpaired) electrons. The van der Waals surface area contributed by atoms with E-state index in [1.807, 2.05) is 13.8 Å². The monoisotopic (exact) mass is 161 g/mol. The lowest BCUT2D eigenvalue weighted by atomic mass is 9.92. The molecule has 0 spiro atoms. The van der Waals surface area contributed by atoms with E-state index in [2.05, 4.69) is 19.2 Å². The van der Waals surface area contributed by atoms with Gasteiger partial charge in [-0.05, 0) is 18.9 Å². The average Bonchev–Trinajstić information content (AvgIpc) is 1.88. The normalized spacial score (nSPS) is 16.9. The molecular formula is C9H20FN. The standard InChI is InChI=1S/C9H20FN/c1-5-8(7(3)4)9(10)11-6-2/h7-9,11H,5-6H2,1-4H3/t8-,9+/m1/s1. The fraction of sp³-hybridized carbons (Fsp3) is 1.00. The summed E-state index contributed by atoms with van der Waals surface area (Å²) in [5, 5.41) is 2.81. The van der Waals surface area contributed by atoms with Gasteiger partial charge in [0.2, 0.25) is 0 Å². The molecule has 1 nitrogen and oxygen atoms in total. The zero-order valence-corrected chi connectivity index (χ0v) is 8.02. The van der Waals surface area contributed by atoms with Gasteiger partial charge in [-0.1, -0.05) is 27.7 Å². The Morgan fingerprint density at radius 2 is 1.82 bits per heavy atom. The third-order valence-corrected chi connectivity index (χ3v) is 2.10. The van der Waals surface area contributed by atoms with Crippen molar-refractivity contribution in [1.82, 2.24) is 5.32 Å². The predicted molar refractivity (Wildman–Crippen MR) is 47.2 cm³/mol. The SMILES string of the molecule is CCN[C@H](F)[C@H](CC)C(C)C. The minimum absolute atomic E-state index is 0.162. The highest BCUT2D eigenvalue weighted by atomic mass is 19.1. The van der Waals surface area contributed by atoms with Crippen molar-refractivity contribution in [3.05, 3.63) is 0 Å². The number of hydrogen-bond donors (Lipinski definition) is 1. The van der Waals surface area contributed by atoms with Crippen molar-refractivity contribution in [1.29, 1.82) is 0 Å². The Balaban J connectivity index is 3.81. The maximum absolute atomic E-state index is 13.2. The molecule has 0 aliphatic rings. The summed E-state index contributed by atoms with van der Waals surface area (Å²) in [6.45, 7) is 8.81. The number of alkyl halides is 1. The van der Waals surface area contributed by atoms with Crippen LogP contribution in [0.5, 0.6) is 0 Å². The second kappa shape index (κ2) is 5.53. The van der Waals surface area contributed by atoms with Crippen molar-refractivity contribution in [2.24, 2.45) is 11.8 Å². The zero-order valence-electron chi connectivity index (χ0n) is 8.02. The highest BCUT2D eigenvalue weighted by Crippen LogP contribution is 2.19. The third-order valence-electron chi connectivity index (χ3n) is 2.10. The largest absolute Gasteiger partial charge is 0.288 e. The Labute approximate surface area is 69.4 Å². The van der Waals surface area contributed by atoms with Crippen molar-refractivity contribution < 1.29 is 4.39 Å². The van der Waals surface area contributed by atoms with E-state index in [4.69, 9.17) is 0 Å². The van der Waals surface area contributed by atoms with Crippen molar-refractivity contribution >= 4 is 0 Å². The fourth-order valence-corrected chi connectivity index (χ4v) is 1.36. The summed E-state index contributed by atoms with van der Waals surface area (Å²) in [7, 11) is 0. The van der Waals surface area contributed by atoms with E-state index < -0.39 is 6.30 Å². The molecule has 0 amide bonds. The fourth-order valence-electron chi connectivity index (χ4n) is 1.36. The van der Waals surface area contributed by atoms with Gasteiger partial charge in [-0.25, -0.2) is 4.39 Å². The molecule has 1 N–H and O–H groups in total. The molecule has 11 heavy (non-hydrogen) atoms. The Bertz CT molecular complexity index is 93.6. The molecule has 2 heteroatoms. The van der Waals surface area contributed by atoms with Crippen molar-refractivity contribution in [3.8, 4) is 0 Å². The smallest absolute Gasteiger partial charge is 0.154 e. The summed E-state index contributed by atoms with van der Waals surface area (Å²) >= 11 is 0. The van der Waals surface area contributed by atoms with Gasteiger partial charge in [0.25, 0.3) is 0 Å². The van der Waals surface area contributed by atoms with Crippen LogP contribution in [0.4, 0.5) is 4.39 Å². The van der Waals surface area contributed by atoms with Gasteiger partial charge < -0.3 is 0 Å². The van der Waals surface area contributed by atoms with Crippen LogP contribution in [0.1, 0.15) is 34.1 Å². The van der Waals surface area contributed by atoms with E-state index in [0.29, 0.717) is 12.5 Å². The highest BCUT2D eigenvalue weighted by molar-refractivity contribution is 4.68. The molecule has 0 saturated heterocycles. The molecule has 0 saturated carbocycles. The second-order valence-corrected chi connectivity index (χ2v) is 3.28. The number of rotatable bonds is 5. The maximum Gasteiger partial charge on any atom is 0.154 e. The minimum Gasteiger partial charge on any atom is -0.288 e. The minimum atomic E-state index is -0.829. The Kier molecular flexibility index (Phi) is 5.47. The maximum atomic E-state index is 13.2. The first kappa shape index (κ1) is 10.9. The van der Waals surface area contributed by atoms with E-state index in [1.165, 1.54) is 0 Å². The quantitative estimate of drug-likeness (QED) is 0.611. The molecule has 0 aromatic rings. The summed E-state index contributed by atoms with van der Waals surface area (Å²) in [5.41, 5.74) is 0. The van der Waals surface area contributed by atoms with Crippen LogP contribution >= 0.6 is 0 Å². The number of nitrogens with one attached hydrogen (secondary N) is 1. The molecule has 0 aliphatic heterocycles. The van der Waals surface area contributed by atoms with Crippen LogP contribution in [-0.2, 0) is 0 Å². The van der Waals surface area contributed by atoms with E-state index in [0.717, 1.165) is 6.42 Å². The third kappa shape index (κ3) is 3.71. The Morgan fingerprint density at radius 1 is 1.27 bits per heavy atom. The summed E-state index contributed by atoms with van der Waals surface area (Å²) in [6.07, 6.45) is 0.0799. The van der Waals surface area contributed by atoms with Crippen molar-refractivity contribution in [2.45, 2.75) is 40.4 Å². The molecule has 0 fully saturated rings. The molecule has 0 heterocycles. The first-order valence-electron chi connectivity index (χ1n) is 4.50. The lowest BCUT2D eigenvalue weighted by Gasteiger charge is -2.23. The van der Waals surface area contributed by atoms with Gasteiger partial charge >= 0.3 is 0 Å². The molecule has 68 valence electrons. The summed E-state index contributed by atoms with van der Waals surface area (Å²) in [5.74, 6) is 0.587. The molecule has 0 aliphatic carbocycles. The van der Waals surface area contributed by atoms with Gasteiger partial charge in [0.1, 0.15) is 0 Å². The van der Waals surface area contributed by atoms with Crippen molar-refractivity contribution in [2.75, 3.05) is 6.54 Å². The van der Waals surface area contributed by atoms with Crippen LogP contribution < -0.4 is 5.32 Å². The van der Waals surface area contributed by atoms with Gasteiger partial charge in [-0.3, -0.25) is 5.32 Å². The average molecular weight is 161 g/mol. The van der Waals surface area contributed by atoms with Crippen LogP contribution in [0.2, 0.25) is 0 Å². The Hall–Kier alpha value is -0.110. The van der Waals surface area contributed by atoms with E-state index in [1.54, 1.807) is 0 Å². The van der Waals surface area contributed by atoms with Gasteiger partial charge in [0.15, 0.2) is 6.30 Å². The van der Waals surface area contributed by atoms with Crippen molar-refractivity contribution in [3.63, 3.8) is 0 Å². The Morgan fingerprint density at radius 3 is 2.09 bits per heavy atom. The van der Waals surface area contributed by atoms with Crippen LogP contribution in [0, 0.1) is 11.8 Å². The molecule has 2 atom stereocenters. The summed E-state index contributed by atoms with van der Waals surface area (Å²) < 4.78 is 13.2. The summed E-state index contributed by atoms with van der Waals surface area (Å²) in [6, 6.07) is 0. The molecule has 0 aromatic heterocycles. The van der Waals surface area contributed by atoms with E-state index in [9.17, 15) is 4.39 Å². The van der Waals surface area contributed by atoms with Gasteiger partial charge in [-0.2, -0.15) is 0 Å². The topological polar surface area (TPSA) is 12.0 Å². The number of hydrogen-bond acceptors (Lipinski definition) is 1. The molecule has 0 aromatic carbocycles. The van der Waals surface area contributed by atoms with Crippen LogP contribution in [0.3, 0.4) is 0 Å². The van der Waals surface area contributed by atoms with Gasteiger partial charge in [0.05, 0.1) is 0 Å². The van der Waals surface area contributed by atoms with E-state index in [-0.39, 0.29) is 5.92 Å². The highest BCUT2D eigenvalue weighted by Gasteiger charge is 2.20. The lowest BCUT2D eigenvalue weighted by molar-refractivity contribution is 0.142. The lowest BCUT2D eigenvalue weighted by Crippen LogP contribution is -2.34. The first-order valence-corrected chi connectivity index (χ1v) is 4.50. The van der Waals surface area contributed by atoms with Gasteiger partial charge in [0, 0.05) is 5.92 Å². The second-order valence-electron chi connectivity index (χ2n) is 3.28. The zero-order chi connectivity index (χ0) is 8.85. The molecular weight excluding hydrogens is 141 g/mol. The molecule has 0 unspecified atom stereocenters.